The monoisotopic (exact) mass is 454 g/mol. The van der Waals surface area contributed by atoms with Crippen molar-refractivity contribution in [1.29, 1.82) is 0 Å². The zero-order valence-corrected chi connectivity index (χ0v) is 18.7. The van der Waals surface area contributed by atoms with Gasteiger partial charge in [0.05, 0.1) is 6.54 Å². The summed E-state index contributed by atoms with van der Waals surface area (Å²) in [6, 6.07) is 14.9. The Morgan fingerprint density at radius 2 is 1.59 bits per heavy atom. The van der Waals surface area contributed by atoms with Gasteiger partial charge in [-0.2, -0.15) is 0 Å². The minimum Gasteiger partial charge on any atom is -0.368 e. The van der Waals surface area contributed by atoms with E-state index >= 15 is 0 Å². The Balaban J connectivity index is 1.22. The highest BCUT2D eigenvalue weighted by molar-refractivity contribution is 6.30. The predicted molar refractivity (Wildman–Crippen MR) is 124 cm³/mol. The van der Waals surface area contributed by atoms with Crippen LogP contribution in [0.5, 0.6) is 0 Å². The molecule has 0 saturated carbocycles. The number of halogens is 1. The molecule has 0 atom stereocenters. The summed E-state index contributed by atoms with van der Waals surface area (Å²) in [6.45, 7) is 4.04. The Morgan fingerprint density at radius 1 is 0.906 bits per heavy atom. The SMILES string of the molecule is O=C(NCC(=O)N1CCN(c2ccc(Cl)cc2)CC1)c1ccc(CN2CCCC2=O)cc1. The van der Waals surface area contributed by atoms with Crippen LogP contribution in [0.25, 0.3) is 0 Å². The molecular weight excluding hydrogens is 428 g/mol. The van der Waals surface area contributed by atoms with Crippen molar-refractivity contribution in [2.45, 2.75) is 19.4 Å². The number of carbonyl (C=O) groups is 3. The lowest BCUT2D eigenvalue weighted by molar-refractivity contribution is -0.130. The summed E-state index contributed by atoms with van der Waals surface area (Å²) in [5.74, 6) is -0.181. The number of hydrogen-bond acceptors (Lipinski definition) is 4. The third-order valence-electron chi connectivity index (χ3n) is 5.99. The lowest BCUT2D eigenvalue weighted by Crippen LogP contribution is -2.51. The fraction of sp³-hybridized carbons (Fsp3) is 0.375. The number of nitrogens with one attached hydrogen (secondary N) is 1. The topological polar surface area (TPSA) is 73.0 Å². The first-order chi connectivity index (χ1) is 15.5. The number of amides is 3. The van der Waals surface area contributed by atoms with E-state index in [0.717, 1.165) is 37.3 Å². The Labute approximate surface area is 192 Å². The van der Waals surface area contributed by atoms with Crippen molar-refractivity contribution >= 4 is 35.0 Å². The summed E-state index contributed by atoms with van der Waals surface area (Å²) in [5, 5.41) is 3.43. The molecular formula is C24H27ClN4O3. The Bertz CT molecular complexity index is 970. The third-order valence-corrected chi connectivity index (χ3v) is 6.24. The van der Waals surface area contributed by atoms with Gasteiger partial charge < -0.3 is 20.0 Å². The van der Waals surface area contributed by atoms with E-state index in [2.05, 4.69) is 10.2 Å². The molecule has 2 fully saturated rings. The van der Waals surface area contributed by atoms with Gasteiger partial charge in [-0.15, -0.1) is 0 Å². The molecule has 2 heterocycles. The molecule has 7 nitrogen and oxygen atoms in total. The molecule has 0 bridgehead atoms. The maximum atomic E-state index is 12.5. The van der Waals surface area contributed by atoms with Crippen LogP contribution in [0, 0.1) is 0 Å². The fourth-order valence-corrected chi connectivity index (χ4v) is 4.21. The van der Waals surface area contributed by atoms with Crippen LogP contribution < -0.4 is 10.2 Å². The summed E-state index contributed by atoms with van der Waals surface area (Å²) in [7, 11) is 0. The molecule has 2 saturated heterocycles. The Hall–Kier alpha value is -3.06. The maximum Gasteiger partial charge on any atom is 0.251 e. The molecule has 0 aromatic heterocycles. The molecule has 168 valence electrons. The minimum absolute atomic E-state index is 0.0240. The molecule has 0 radical (unpaired) electrons. The van der Waals surface area contributed by atoms with Gasteiger partial charge in [-0.25, -0.2) is 0 Å². The fourth-order valence-electron chi connectivity index (χ4n) is 4.09. The van der Waals surface area contributed by atoms with E-state index in [1.165, 1.54) is 0 Å². The first-order valence-electron chi connectivity index (χ1n) is 10.9. The van der Waals surface area contributed by atoms with Gasteiger partial charge in [-0.1, -0.05) is 23.7 Å². The van der Waals surface area contributed by atoms with E-state index in [4.69, 9.17) is 11.6 Å². The van der Waals surface area contributed by atoms with Crippen LogP contribution in [0.3, 0.4) is 0 Å². The number of piperazine rings is 1. The predicted octanol–water partition coefficient (Wildman–Crippen LogP) is 2.54. The first kappa shape index (κ1) is 22.1. The van der Waals surface area contributed by atoms with Crippen LogP contribution >= 0.6 is 11.6 Å². The Morgan fingerprint density at radius 3 is 2.22 bits per heavy atom. The van der Waals surface area contributed by atoms with Crippen molar-refractivity contribution in [3.8, 4) is 0 Å². The van der Waals surface area contributed by atoms with E-state index in [0.29, 0.717) is 36.6 Å². The molecule has 1 N–H and O–H groups in total. The van der Waals surface area contributed by atoms with Crippen molar-refractivity contribution < 1.29 is 14.4 Å². The zero-order valence-electron chi connectivity index (χ0n) is 17.9. The van der Waals surface area contributed by atoms with E-state index in [9.17, 15) is 14.4 Å². The summed E-state index contributed by atoms with van der Waals surface area (Å²) in [4.78, 5) is 42.6. The summed E-state index contributed by atoms with van der Waals surface area (Å²) < 4.78 is 0. The average Bonchev–Trinajstić information content (AvgIpc) is 3.22. The number of nitrogens with zero attached hydrogens (tertiary/aromatic N) is 3. The standard InChI is InChI=1S/C24H27ClN4O3/c25-20-7-9-21(10-8-20)27-12-14-28(15-13-27)23(31)16-26-24(32)19-5-3-18(4-6-19)17-29-11-1-2-22(29)30/h3-10H,1-2,11-17H2,(H,26,32). The molecule has 0 unspecified atom stereocenters. The molecule has 2 aliphatic heterocycles. The number of rotatable bonds is 6. The van der Waals surface area contributed by atoms with Crippen LogP contribution in [0.15, 0.2) is 48.5 Å². The van der Waals surface area contributed by atoms with Gasteiger partial charge in [-0.05, 0) is 48.4 Å². The summed E-state index contributed by atoms with van der Waals surface area (Å²) >= 11 is 5.95. The van der Waals surface area contributed by atoms with Gasteiger partial charge in [0.25, 0.3) is 5.91 Å². The lowest BCUT2D eigenvalue weighted by atomic mass is 10.1. The van der Waals surface area contributed by atoms with Crippen molar-refractivity contribution in [2.75, 3.05) is 44.2 Å². The van der Waals surface area contributed by atoms with Crippen LogP contribution in [0.1, 0.15) is 28.8 Å². The quantitative estimate of drug-likeness (QED) is 0.728. The van der Waals surface area contributed by atoms with Crippen LogP contribution in [0.2, 0.25) is 5.02 Å². The van der Waals surface area contributed by atoms with Gasteiger partial charge in [0.2, 0.25) is 11.8 Å². The largest absolute Gasteiger partial charge is 0.368 e. The van der Waals surface area contributed by atoms with Crippen LogP contribution in [0.4, 0.5) is 5.69 Å². The van der Waals surface area contributed by atoms with E-state index in [1.54, 1.807) is 17.0 Å². The number of likely N-dealkylation sites (tertiary alicyclic amines) is 1. The van der Waals surface area contributed by atoms with Crippen molar-refractivity contribution in [2.24, 2.45) is 0 Å². The highest BCUT2D eigenvalue weighted by Crippen LogP contribution is 2.19. The molecule has 2 aromatic carbocycles. The van der Waals surface area contributed by atoms with Crippen LogP contribution in [-0.4, -0.2) is 66.8 Å². The number of benzene rings is 2. The van der Waals surface area contributed by atoms with Gasteiger partial charge >= 0.3 is 0 Å². The van der Waals surface area contributed by atoms with Crippen molar-refractivity contribution in [3.63, 3.8) is 0 Å². The highest BCUT2D eigenvalue weighted by Gasteiger charge is 2.22. The smallest absolute Gasteiger partial charge is 0.251 e. The zero-order chi connectivity index (χ0) is 22.5. The normalized spacial score (nSPS) is 16.4. The second-order valence-corrected chi connectivity index (χ2v) is 8.58. The summed E-state index contributed by atoms with van der Waals surface area (Å²) in [5.41, 5.74) is 2.58. The molecule has 2 aromatic rings. The average molecular weight is 455 g/mol. The molecule has 3 amide bonds. The molecule has 0 spiro atoms. The first-order valence-corrected chi connectivity index (χ1v) is 11.3. The number of carbonyl (C=O) groups excluding carboxylic acids is 3. The highest BCUT2D eigenvalue weighted by atomic mass is 35.5. The molecule has 8 heteroatoms. The molecule has 0 aliphatic carbocycles. The molecule has 32 heavy (non-hydrogen) atoms. The Kier molecular flexibility index (Phi) is 6.95. The van der Waals surface area contributed by atoms with E-state index < -0.39 is 0 Å². The van der Waals surface area contributed by atoms with Gasteiger partial charge in [0, 0.05) is 62.0 Å². The maximum absolute atomic E-state index is 12.5. The second-order valence-electron chi connectivity index (χ2n) is 8.14. The third kappa shape index (κ3) is 5.40. The number of anilines is 1. The van der Waals surface area contributed by atoms with Crippen molar-refractivity contribution in [3.05, 3.63) is 64.7 Å². The second kappa shape index (κ2) is 10.0. The molecule has 2 aliphatic rings. The van der Waals surface area contributed by atoms with E-state index in [-0.39, 0.29) is 24.3 Å². The summed E-state index contributed by atoms with van der Waals surface area (Å²) in [6.07, 6.45) is 1.52. The van der Waals surface area contributed by atoms with Gasteiger partial charge in [0.1, 0.15) is 0 Å². The minimum atomic E-state index is -0.276. The molecule has 4 rings (SSSR count). The van der Waals surface area contributed by atoms with Crippen molar-refractivity contribution in [1.82, 2.24) is 15.1 Å². The lowest BCUT2D eigenvalue weighted by Gasteiger charge is -2.36. The van der Waals surface area contributed by atoms with Crippen LogP contribution in [-0.2, 0) is 16.1 Å². The van der Waals surface area contributed by atoms with E-state index in [1.807, 2.05) is 41.3 Å². The van der Waals surface area contributed by atoms with Gasteiger partial charge in [-0.3, -0.25) is 14.4 Å². The number of hydrogen-bond donors (Lipinski definition) is 1. The van der Waals surface area contributed by atoms with Gasteiger partial charge in [0.15, 0.2) is 0 Å².